The number of aromatic amines is 1. The van der Waals surface area contributed by atoms with Gasteiger partial charge in [0.25, 0.3) is 0 Å². The summed E-state index contributed by atoms with van der Waals surface area (Å²) in [6.45, 7) is 0.521. The first kappa shape index (κ1) is 13.7. The molecule has 23 heavy (non-hydrogen) atoms. The van der Waals surface area contributed by atoms with Crippen LogP contribution in [0.5, 0.6) is 5.75 Å². The lowest BCUT2D eigenvalue weighted by Gasteiger charge is -2.03. The number of hydrogen-bond donors (Lipinski definition) is 2. The SMILES string of the molecule is Nc1ncnc2n[nH]c(-c3ccc(COc4ccccc4)s3)c12. The molecule has 0 radical (unpaired) electrons. The van der Waals surface area contributed by atoms with Crippen LogP contribution in [0.25, 0.3) is 21.6 Å². The highest BCUT2D eigenvalue weighted by Crippen LogP contribution is 2.33. The fourth-order valence-corrected chi connectivity index (χ4v) is 3.24. The molecule has 0 aliphatic heterocycles. The summed E-state index contributed by atoms with van der Waals surface area (Å²) in [6.07, 6.45) is 1.41. The summed E-state index contributed by atoms with van der Waals surface area (Å²) in [5, 5.41) is 7.93. The first-order chi connectivity index (χ1) is 11.3. The highest BCUT2D eigenvalue weighted by atomic mass is 32.1. The van der Waals surface area contributed by atoms with Gasteiger partial charge in [-0.2, -0.15) is 5.10 Å². The van der Waals surface area contributed by atoms with Gasteiger partial charge in [0, 0.05) is 4.88 Å². The van der Waals surface area contributed by atoms with Crippen LogP contribution in [0.4, 0.5) is 5.82 Å². The number of ether oxygens (including phenoxy) is 1. The Labute approximate surface area is 136 Å². The van der Waals surface area contributed by atoms with Crippen LogP contribution in [-0.2, 0) is 6.61 Å². The Bertz CT molecular complexity index is 947. The molecule has 3 aromatic heterocycles. The van der Waals surface area contributed by atoms with Gasteiger partial charge >= 0.3 is 0 Å². The van der Waals surface area contributed by atoms with Gasteiger partial charge in [-0.05, 0) is 24.3 Å². The molecule has 0 spiro atoms. The maximum atomic E-state index is 5.95. The lowest BCUT2D eigenvalue weighted by atomic mass is 10.2. The minimum Gasteiger partial charge on any atom is -0.488 e. The lowest BCUT2D eigenvalue weighted by molar-refractivity contribution is 0.310. The number of thiophene rings is 1. The summed E-state index contributed by atoms with van der Waals surface area (Å²) in [5.41, 5.74) is 7.36. The van der Waals surface area contributed by atoms with Crippen molar-refractivity contribution in [1.29, 1.82) is 0 Å². The molecule has 0 aliphatic carbocycles. The molecule has 3 heterocycles. The molecule has 0 fully saturated rings. The van der Waals surface area contributed by atoms with Crippen LogP contribution in [0.1, 0.15) is 4.88 Å². The van der Waals surface area contributed by atoms with Gasteiger partial charge in [-0.25, -0.2) is 9.97 Å². The number of nitrogens with one attached hydrogen (secondary N) is 1. The highest BCUT2D eigenvalue weighted by Gasteiger charge is 2.14. The van der Waals surface area contributed by atoms with Gasteiger partial charge in [0.2, 0.25) is 0 Å². The third-order valence-electron chi connectivity index (χ3n) is 3.41. The van der Waals surface area contributed by atoms with Crippen molar-refractivity contribution in [3.63, 3.8) is 0 Å². The van der Waals surface area contributed by atoms with Crippen molar-refractivity contribution in [1.82, 2.24) is 20.2 Å². The predicted octanol–water partition coefficient (Wildman–Crippen LogP) is 3.24. The third kappa shape index (κ3) is 2.62. The number of aromatic nitrogens is 4. The maximum absolute atomic E-state index is 5.95. The van der Waals surface area contributed by atoms with Gasteiger partial charge < -0.3 is 10.5 Å². The van der Waals surface area contributed by atoms with Gasteiger partial charge in [0.05, 0.1) is 16.0 Å². The number of rotatable bonds is 4. The van der Waals surface area contributed by atoms with E-state index in [0.717, 1.165) is 26.6 Å². The number of H-pyrrole nitrogens is 1. The molecule has 4 aromatic rings. The lowest BCUT2D eigenvalue weighted by Crippen LogP contribution is -1.92. The first-order valence-electron chi connectivity index (χ1n) is 7.03. The normalized spacial score (nSPS) is 11.0. The van der Waals surface area contributed by atoms with Crippen molar-refractivity contribution >= 4 is 28.2 Å². The standard InChI is InChI=1S/C16H13N5OS/c17-15-13-14(20-21-16(13)19-9-18-15)12-7-6-11(23-12)8-22-10-4-2-1-3-5-10/h1-7,9H,8H2,(H3,17,18,19,20,21). The van der Waals surface area contributed by atoms with E-state index in [-0.39, 0.29) is 0 Å². The molecule has 4 rings (SSSR count). The van der Waals surface area contributed by atoms with Crippen molar-refractivity contribution in [3.8, 4) is 16.3 Å². The predicted molar refractivity (Wildman–Crippen MR) is 90.2 cm³/mol. The van der Waals surface area contributed by atoms with E-state index in [1.54, 1.807) is 11.3 Å². The van der Waals surface area contributed by atoms with E-state index in [0.29, 0.717) is 18.1 Å². The van der Waals surface area contributed by atoms with Crippen LogP contribution in [-0.4, -0.2) is 20.2 Å². The third-order valence-corrected chi connectivity index (χ3v) is 4.49. The van der Waals surface area contributed by atoms with Crippen LogP contribution in [0.3, 0.4) is 0 Å². The van der Waals surface area contributed by atoms with Crippen LogP contribution in [0.15, 0.2) is 48.8 Å². The van der Waals surface area contributed by atoms with Crippen LogP contribution in [0.2, 0.25) is 0 Å². The molecule has 0 unspecified atom stereocenters. The molecule has 1 aromatic carbocycles. The highest BCUT2D eigenvalue weighted by molar-refractivity contribution is 7.15. The quantitative estimate of drug-likeness (QED) is 0.602. The largest absolute Gasteiger partial charge is 0.488 e. The molecular formula is C16H13N5OS. The van der Waals surface area contributed by atoms with E-state index in [1.165, 1.54) is 6.33 Å². The summed E-state index contributed by atoms with van der Waals surface area (Å²) >= 11 is 1.63. The Balaban J connectivity index is 1.60. The molecule has 0 aliphatic rings. The van der Waals surface area contributed by atoms with Crippen LogP contribution >= 0.6 is 11.3 Å². The summed E-state index contributed by atoms with van der Waals surface area (Å²) in [5.74, 6) is 1.28. The van der Waals surface area contributed by atoms with E-state index in [1.807, 2.05) is 42.5 Å². The molecule has 0 amide bonds. The van der Waals surface area contributed by atoms with Gasteiger partial charge in [0.1, 0.15) is 24.5 Å². The smallest absolute Gasteiger partial charge is 0.186 e. The number of fused-ring (bicyclic) bond motifs is 1. The molecule has 114 valence electrons. The van der Waals surface area contributed by atoms with Crippen LogP contribution in [0, 0.1) is 0 Å². The number of nitrogen functional groups attached to an aromatic ring is 1. The molecule has 0 bridgehead atoms. The first-order valence-corrected chi connectivity index (χ1v) is 7.84. The van der Waals surface area contributed by atoms with Crippen molar-refractivity contribution < 1.29 is 4.74 Å². The number of anilines is 1. The molecule has 6 nitrogen and oxygen atoms in total. The van der Waals surface area contributed by atoms with E-state index in [2.05, 4.69) is 20.2 Å². The molecule has 0 saturated heterocycles. The van der Waals surface area contributed by atoms with Crippen molar-refractivity contribution in [2.75, 3.05) is 5.73 Å². The minimum atomic E-state index is 0.425. The molecule has 3 N–H and O–H groups in total. The minimum absolute atomic E-state index is 0.425. The Hall–Kier alpha value is -2.93. The second-order valence-electron chi connectivity index (χ2n) is 4.92. The number of nitrogens with two attached hydrogens (primary N) is 1. The summed E-state index contributed by atoms with van der Waals surface area (Å²) in [7, 11) is 0. The van der Waals surface area contributed by atoms with E-state index >= 15 is 0 Å². The Morgan fingerprint density at radius 3 is 2.83 bits per heavy atom. The molecule has 0 atom stereocenters. The average Bonchev–Trinajstić information content (AvgIpc) is 3.21. The number of para-hydroxylation sites is 1. The Morgan fingerprint density at radius 1 is 1.09 bits per heavy atom. The summed E-state index contributed by atoms with van der Waals surface area (Å²) in [6, 6.07) is 13.8. The average molecular weight is 323 g/mol. The molecular weight excluding hydrogens is 310 g/mol. The Kier molecular flexibility index (Phi) is 3.39. The fourth-order valence-electron chi connectivity index (χ4n) is 2.32. The second kappa shape index (κ2) is 5.69. The van der Waals surface area contributed by atoms with Crippen molar-refractivity contribution in [3.05, 3.63) is 53.7 Å². The number of hydrogen-bond acceptors (Lipinski definition) is 6. The summed E-state index contributed by atoms with van der Waals surface area (Å²) < 4.78 is 5.77. The second-order valence-corrected chi connectivity index (χ2v) is 6.09. The number of nitrogens with zero attached hydrogens (tertiary/aromatic N) is 3. The van der Waals surface area contributed by atoms with Crippen molar-refractivity contribution in [2.45, 2.75) is 6.61 Å². The van der Waals surface area contributed by atoms with E-state index in [4.69, 9.17) is 10.5 Å². The fraction of sp³-hybridized carbons (Fsp3) is 0.0625. The zero-order valence-electron chi connectivity index (χ0n) is 12.1. The Morgan fingerprint density at radius 2 is 1.96 bits per heavy atom. The monoisotopic (exact) mass is 323 g/mol. The maximum Gasteiger partial charge on any atom is 0.186 e. The van der Waals surface area contributed by atoms with Gasteiger partial charge in [-0.1, -0.05) is 18.2 Å². The topological polar surface area (TPSA) is 89.7 Å². The molecule has 7 heteroatoms. The number of benzene rings is 1. The van der Waals surface area contributed by atoms with Gasteiger partial charge in [0.15, 0.2) is 5.65 Å². The van der Waals surface area contributed by atoms with Crippen LogP contribution < -0.4 is 10.5 Å². The summed E-state index contributed by atoms with van der Waals surface area (Å²) in [4.78, 5) is 10.3. The van der Waals surface area contributed by atoms with Gasteiger partial charge in [-0.15, -0.1) is 11.3 Å². The van der Waals surface area contributed by atoms with E-state index < -0.39 is 0 Å². The zero-order valence-corrected chi connectivity index (χ0v) is 12.9. The molecule has 0 saturated carbocycles. The van der Waals surface area contributed by atoms with E-state index in [9.17, 15) is 0 Å². The van der Waals surface area contributed by atoms with Crippen molar-refractivity contribution in [2.24, 2.45) is 0 Å². The van der Waals surface area contributed by atoms with Gasteiger partial charge in [-0.3, -0.25) is 5.10 Å². The zero-order chi connectivity index (χ0) is 15.6.